The molecule has 24 heavy (non-hydrogen) atoms. The molecule has 0 aromatic heterocycles. The Hall–Kier alpha value is 2.28. The molecule has 128 valence electrons. The van der Waals surface area contributed by atoms with Crippen LogP contribution in [-0.4, -0.2) is 17.4 Å². The Balaban J connectivity index is -0.0000000225. The molecule has 0 amide bonds. The first-order valence-electron chi connectivity index (χ1n) is 2.92. The van der Waals surface area contributed by atoms with Crippen LogP contribution in [0.15, 0.2) is 0 Å². The summed E-state index contributed by atoms with van der Waals surface area (Å²) in [5.74, 6) is 0. The van der Waals surface area contributed by atoms with Gasteiger partial charge in [-0.2, -0.15) is 31.3 Å². The van der Waals surface area contributed by atoms with Crippen LogP contribution in [0.2, 0.25) is 0 Å². The normalized spacial score (nSPS) is 9.83. The average Bonchev–Trinajstić information content (AvgIpc) is 1.62. The van der Waals surface area contributed by atoms with E-state index in [1.807, 2.05) is 0 Å². The van der Waals surface area contributed by atoms with Gasteiger partial charge in [0.25, 0.3) is 0 Å². The third-order valence-electron chi connectivity index (χ3n) is 0. The van der Waals surface area contributed by atoms with Crippen LogP contribution in [0.5, 0.6) is 0 Å². The zero-order valence-electron chi connectivity index (χ0n) is 10.9. The van der Waals surface area contributed by atoms with Crippen molar-refractivity contribution in [3.05, 3.63) is 7.43 Å². The Morgan fingerprint density at radius 3 is 0.417 bits per heavy atom. The van der Waals surface area contributed by atoms with Crippen molar-refractivity contribution < 1.29 is 118 Å². The smallest absolute Gasteiger partial charge is 0.822 e. The van der Waals surface area contributed by atoms with E-state index in [9.17, 15) is 0 Å². The van der Waals surface area contributed by atoms with Crippen molar-refractivity contribution in [1.82, 2.24) is 0 Å². The Labute approximate surface area is 173 Å². The van der Waals surface area contributed by atoms with Gasteiger partial charge in [-0.25, -0.2) is 0 Å². The van der Waals surface area contributed by atoms with Crippen molar-refractivity contribution in [1.29, 1.82) is 0 Å². The van der Waals surface area contributed by atoms with E-state index in [2.05, 4.69) is 0 Å². The van der Waals surface area contributed by atoms with E-state index < -0.39 is 31.3 Å². The van der Waals surface area contributed by atoms with Gasteiger partial charge in [0.1, 0.15) is 0 Å². The van der Waals surface area contributed by atoms with Gasteiger partial charge in [0.15, 0.2) is 0 Å². The minimum absolute atomic E-state index is 0. The third kappa shape index (κ3) is 2520. The molecule has 0 aromatic carbocycles. The van der Waals surface area contributed by atoms with Gasteiger partial charge in [0, 0.05) is 0 Å². The third-order valence-corrected chi connectivity index (χ3v) is 0. The number of hydrogen-bond acceptors (Lipinski definition) is 16. The molecule has 23 heteroatoms. The van der Waals surface area contributed by atoms with Gasteiger partial charge in [-0.3, -0.25) is 0 Å². The van der Waals surface area contributed by atoms with Crippen molar-refractivity contribution in [3.8, 4) is 0 Å². The fourth-order valence-electron chi connectivity index (χ4n) is 0. The second kappa shape index (κ2) is 21.6. The molecule has 0 N–H and O–H groups in total. The van der Waals surface area contributed by atoms with Gasteiger partial charge in [-0.1, -0.05) is 0 Å². The molecule has 0 saturated heterocycles. The zero-order valence-corrected chi connectivity index (χ0v) is 17.2. The van der Waals surface area contributed by atoms with E-state index in [1.54, 1.807) is 0 Å². The van der Waals surface area contributed by atoms with Gasteiger partial charge in [0.05, 0.1) is 0 Å². The molecule has 0 aromatic rings. The molecular weight excluding hydrogens is 474 g/mol. The molecule has 0 spiro atoms. The van der Waals surface area contributed by atoms with E-state index in [-0.39, 0.29) is 65.4 Å². The Kier molecular flexibility index (Phi) is 45.2. The summed E-state index contributed by atoms with van der Waals surface area (Å²) in [7, 11) is -21.6. The molecule has 0 unspecified atom stereocenters. The van der Waals surface area contributed by atoms with E-state index in [1.165, 1.54) is 0 Å². The first-order chi connectivity index (χ1) is 8.00. The standard InChI is InChI=1S/C.Al.Li.4H3O4P.Ti/c;;;4*1-5(2,3)4;/h;;;4*(H3,1,2,3,4);/q+4;+3;+1;;;;;+4/p-12. The molecule has 0 saturated carbocycles. The van der Waals surface area contributed by atoms with E-state index >= 15 is 0 Å². The molecular formula is CAlLiO16P4Ti. The SMILES string of the molecule is O=P([O-])([O-])[O-].O=P([O-])([O-])[O-].O=P([O-])([O-])[O-].O=P([O-])([O-])[O-].[Al+3].[C+4].[Li+].[Ti+4]. The van der Waals surface area contributed by atoms with Crippen molar-refractivity contribution in [2.75, 3.05) is 0 Å². The second-order valence-electron chi connectivity index (χ2n) is 1.79. The topological polar surface area (TPSA) is 345 Å². The fourth-order valence-corrected chi connectivity index (χ4v) is 0. The van der Waals surface area contributed by atoms with Crippen LogP contribution in [0.1, 0.15) is 0 Å². The summed E-state index contributed by atoms with van der Waals surface area (Å²) < 4.78 is 34.2. The maximum atomic E-state index is 8.55. The molecule has 0 aliphatic rings. The summed E-state index contributed by atoms with van der Waals surface area (Å²) in [5.41, 5.74) is 0. The Bertz CT molecular complexity index is 303. The number of rotatable bonds is 0. The maximum absolute atomic E-state index is 8.55. The fraction of sp³-hybridized carbons (Fsp3) is 0. The molecule has 0 aliphatic heterocycles. The van der Waals surface area contributed by atoms with Crippen molar-refractivity contribution >= 4 is 48.7 Å². The van der Waals surface area contributed by atoms with Gasteiger partial charge in [-0.05, 0) is 0 Å². The molecule has 0 rings (SSSR count). The van der Waals surface area contributed by atoms with E-state index in [0.29, 0.717) is 0 Å². The van der Waals surface area contributed by atoms with Crippen LogP contribution in [0, 0.1) is 7.43 Å². The zero-order chi connectivity index (χ0) is 18.0. The summed E-state index contributed by atoms with van der Waals surface area (Å²) in [6.07, 6.45) is 0. The number of hydrogen-bond donors (Lipinski definition) is 0. The van der Waals surface area contributed by atoms with E-state index in [0.717, 1.165) is 0 Å². The Morgan fingerprint density at radius 1 is 0.417 bits per heavy atom. The predicted molar refractivity (Wildman–Crippen MR) is 39.4 cm³/mol. The minimum Gasteiger partial charge on any atom is -0.822 e. The first kappa shape index (κ1) is 50.3. The second-order valence-corrected chi connectivity index (χ2v) is 5.37. The van der Waals surface area contributed by atoms with Crippen LogP contribution in [-0.2, 0) is 40.0 Å². The van der Waals surface area contributed by atoms with Crippen molar-refractivity contribution in [3.63, 3.8) is 0 Å². The quantitative estimate of drug-likeness (QED) is 0.232. The van der Waals surface area contributed by atoms with Crippen LogP contribution in [0.25, 0.3) is 0 Å². The Morgan fingerprint density at radius 2 is 0.417 bits per heavy atom. The van der Waals surface area contributed by atoms with Crippen molar-refractivity contribution in [2.45, 2.75) is 0 Å². The van der Waals surface area contributed by atoms with Crippen LogP contribution < -0.4 is 77.6 Å². The summed E-state index contributed by atoms with van der Waals surface area (Å²) in [5, 5.41) is 0. The van der Waals surface area contributed by atoms with Gasteiger partial charge >= 0.3 is 65.4 Å². The summed E-state index contributed by atoms with van der Waals surface area (Å²) >= 11 is 0. The summed E-state index contributed by atoms with van der Waals surface area (Å²) in [6, 6.07) is 0. The number of phosphoric acid groups is 4. The molecule has 0 atom stereocenters. The van der Waals surface area contributed by atoms with E-state index in [4.69, 9.17) is 77.0 Å². The first-order valence-corrected chi connectivity index (χ1v) is 8.76. The van der Waals surface area contributed by atoms with Gasteiger partial charge in [-0.15, -0.1) is 0 Å². The monoisotopic (exact) mass is 474 g/mol. The largest absolute Gasteiger partial charge is 4.00 e. The van der Waals surface area contributed by atoms with Crippen LogP contribution in [0.4, 0.5) is 0 Å². The average molecular weight is 474 g/mol. The molecule has 0 fully saturated rings. The van der Waals surface area contributed by atoms with Crippen molar-refractivity contribution in [2.24, 2.45) is 0 Å². The maximum Gasteiger partial charge on any atom is 4.00 e. The molecule has 0 bridgehead atoms. The van der Waals surface area contributed by atoms with Gasteiger partial charge < -0.3 is 77.0 Å². The minimum atomic E-state index is -5.39. The summed E-state index contributed by atoms with van der Waals surface area (Å²) in [4.78, 5) is 103. The molecule has 16 nitrogen and oxygen atoms in total. The molecule has 0 heterocycles. The van der Waals surface area contributed by atoms with Crippen LogP contribution in [0.3, 0.4) is 0 Å². The van der Waals surface area contributed by atoms with Gasteiger partial charge in [0.2, 0.25) is 0 Å². The predicted octanol–water partition coefficient (Wildman–Crippen LogP) is -14.6. The van der Waals surface area contributed by atoms with Crippen LogP contribution >= 0.6 is 31.3 Å². The molecule has 0 aliphatic carbocycles. The molecule has 0 radical (unpaired) electrons. The summed E-state index contributed by atoms with van der Waals surface area (Å²) in [6.45, 7) is 0.